The number of rotatable bonds is 5. The van der Waals surface area contributed by atoms with E-state index < -0.39 is 0 Å². The lowest BCUT2D eigenvalue weighted by atomic mass is 10.1. The van der Waals surface area contributed by atoms with E-state index in [-0.39, 0.29) is 5.84 Å². The van der Waals surface area contributed by atoms with Crippen LogP contribution in [0, 0.1) is 6.92 Å². The molecule has 0 atom stereocenters. The maximum Gasteiger partial charge on any atom is 0.170 e. The van der Waals surface area contributed by atoms with Gasteiger partial charge in [-0.1, -0.05) is 23.4 Å². The van der Waals surface area contributed by atoms with Crippen LogP contribution < -0.4 is 5.73 Å². The van der Waals surface area contributed by atoms with Crippen molar-refractivity contribution < 1.29 is 9.94 Å². The van der Waals surface area contributed by atoms with Gasteiger partial charge in [0, 0.05) is 10.4 Å². The lowest BCUT2D eigenvalue weighted by molar-refractivity contribution is 0.109. The summed E-state index contributed by atoms with van der Waals surface area (Å²) in [5.74, 6) is 0.120. The third kappa shape index (κ3) is 3.56. The first-order valence-corrected chi connectivity index (χ1v) is 6.76. The van der Waals surface area contributed by atoms with E-state index in [2.05, 4.69) is 11.2 Å². The molecule has 1 heterocycles. The summed E-state index contributed by atoms with van der Waals surface area (Å²) < 4.78 is 5.67. The van der Waals surface area contributed by atoms with Gasteiger partial charge in [0.1, 0.15) is 0 Å². The van der Waals surface area contributed by atoms with Gasteiger partial charge in [0.25, 0.3) is 0 Å². The van der Waals surface area contributed by atoms with E-state index in [0.29, 0.717) is 18.8 Å². The Balaban J connectivity index is 1.97. The van der Waals surface area contributed by atoms with Crippen molar-refractivity contribution in [3.63, 3.8) is 0 Å². The molecule has 2 aromatic rings. The summed E-state index contributed by atoms with van der Waals surface area (Å²) >= 11 is 1.69. The average Bonchev–Trinajstić information content (AvgIpc) is 2.93. The number of ether oxygens (including phenoxy) is 1. The van der Waals surface area contributed by atoms with Crippen LogP contribution >= 0.6 is 11.3 Å². The predicted octanol–water partition coefficient (Wildman–Crippen LogP) is 2.87. The zero-order chi connectivity index (χ0) is 13.7. The summed E-state index contributed by atoms with van der Waals surface area (Å²) in [5, 5.41) is 13.7. The van der Waals surface area contributed by atoms with E-state index >= 15 is 0 Å². The highest BCUT2D eigenvalue weighted by Gasteiger charge is 2.04. The number of benzene rings is 1. The first kappa shape index (κ1) is 13.6. The van der Waals surface area contributed by atoms with Crippen LogP contribution in [0.1, 0.15) is 21.6 Å². The number of oxime groups is 1. The predicted molar refractivity (Wildman–Crippen MR) is 76.5 cm³/mol. The van der Waals surface area contributed by atoms with E-state index in [4.69, 9.17) is 15.7 Å². The normalized spacial score (nSPS) is 11.7. The van der Waals surface area contributed by atoms with Crippen molar-refractivity contribution in [1.29, 1.82) is 0 Å². The molecule has 100 valence electrons. The Hall–Kier alpha value is -1.85. The SMILES string of the molecule is Cc1cc(/C(N)=N/O)ccc1COCc1cccs1. The Kier molecular flexibility index (Phi) is 4.54. The van der Waals surface area contributed by atoms with E-state index in [1.54, 1.807) is 11.3 Å². The number of amidine groups is 1. The van der Waals surface area contributed by atoms with Gasteiger partial charge in [-0.25, -0.2) is 0 Å². The standard InChI is InChI=1S/C14H16N2O2S/c1-10-7-11(14(15)16-17)4-5-12(10)8-18-9-13-3-2-6-19-13/h2-7,17H,8-9H2,1H3,(H2,15,16). The molecule has 0 bridgehead atoms. The number of aryl methyl sites for hydroxylation is 1. The quantitative estimate of drug-likeness (QED) is 0.382. The van der Waals surface area contributed by atoms with Crippen molar-refractivity contribution in [1.82, 2.24) is 0 Å². The fraction of sp³-hybridized carbons (Fsp3) is 0.214. The molecule has 0 aliphatic heterocycles. The molecule has 0 amide bonds. The van der Waals surface area contributed by atoms with Gasteiger partial charge in [0.15, 0.2) is 5.84 Å². The van der Waals surface area contributed by atoms with Crippen molar-refractivity contribution in [3.8, 4) is 0 Å². The van der Waals surface area contributed by atoms with Gasteiger partial charge in [-0.2, -0.15) is 0 Å². The fourth-order valence-corrected chi connectivity index (χ4v) is 2.37. The first-order valence-electron chi connectivity index (χ1n) is 5.88. The van der Waals surface area contributed by atoms with E-state index in [1.165, 1.54) is 4.88 Å². The van der Waals surface area contributed by atoms with Gasteiger partial charge in [0.2, 0.25) is 0 Å². The topological polar surface area (TPSA) is 67.8 Å². The minimum Gasteiger partial charge on any atom is -0.409 e. The first-order chi connectivity index (χ1) is 9.20. The zero-order valence-electron chi connectivity index (χ0n) is 10.7. The second kappa shape index (κ2) is 6.36. The highest BCUT2D eigenvalue weighted by Crippen LogP contribution is 2.15. The number of hydrogen-bond donors (Lipinski definition) is 2. The van der Waals surface area contributed by atoms with Crippen LogP contribution in [0.25, 0.3) is 0 Å². The summed E-state index contributed by atoms with van der Waals surface area (Å²) in [4.78, 5) is 1.21. The molecule has 0 aliphatic carbocycles. The Labute approximate surface area is 116 Å². The van der Waals surface area contributed by atoms with E-state index in [1.807, 2.05) is 36.6 Å². The van der Waals surface area contributed by atoms with Crippen molar-refractivity contribution >= 4 is 17.2 Å². The van der Waals surface area contributed by atoms with Gasteiger partial charge >= 0.3 is 0 Å². The summed E-state index contributed by atoms with van der Waals surface area (Å²) in [6, 6.07) is 9.72. The molecule has 4 nitrogen and oxygen atoms in total. The van der Waals surface area contributed by atoms with E-state index in [9.17, 15) is 0 Å². The third-order valence-corrected chi connectivity index (χ3v) is 3.68. The molecular formula is C14H16N2O2S. The van der Waals surface area contributed by atoms with Crippen LogP contribution in [0.2, 0.25) is 0 Å². The highest BCUT2D eigenvalue weighted by molar-refractivity contribution is 7.09. The van der Waals surface area contributed by atoms with Crippen LogP contribution in [0.4, 0.5) is 0 Å². The maximum absolute atomic E-state index is 8.63. The van der Waals surface area contributed by atoms with Gasteiger partial charge in [0.05, 0.1) is 13.2 Å². The van der Waals surface area contributed by atoms with Crippen LogP contribution in [-0.2, 0) is 18.0 Å². The minimum atomic E-state index is 0.120. The monoisotopic (exact) mass is 276 g/mol. The molecule has 0 fully saturated rings. The molecule has 0 spiro atoms. The number of hydrogen-bond acceptors (Lipinski definition) is 4. The van der Waals surface area contributed by atoms with Gasteiger partial charge in [-0.05, 0) is 35.6 Å². The Morgan fingerprint density at radius 3 is 2.84 bits per heavy atom. The molecule has 19 heavy (non-hydrogen) atoms. The lowest BCUT2D eigenvalue weighted by Gasteiger charge is -2.08. The zero-order valence-corrected chi connectivity index (χ0v) is 11.5. The van der Waals surface area contributed by atoms with Gasteiger partial charge < -0.3 is 15.7 Å². The molecule has 0 unspecified atom stereocenters. The van der Waals surface area contributed by atoms with Crippen molar-refractivity contribution in [3.05, 3.63) is 57.3 Å². The van der Waals surface area contributed by atoms with Crippen molar-refractivity contribution in [2.75, 3.05) is 0 Å². The average molecular weight is 276 g/mol. The highest BCUT2D eigenvalue weighted by atomic mass is 32.1. The summed E-state index contributed by atoms with van der Waals surface area (Å²) in [6.07, 6.45) is 0. The molecular weight excluding hydrogens is 260 g/mol. The van der Waals surface area contributed by atoms with E-state index in [0.717, 1.165) is 11.1 Å². The molecule has 1 aromatic heterocycles. The van der Waals surface area contributed by atoms with Crippen LogP contribution in [0.3, 0.4) is 0 Å². The van der Waals surface area contributed by atoms with Crippen molar-refractivity contribution in [2.24, 2.45) is 10.9 Å². The largest absolute Gasteiger partial charge is 0.409 e. The summed E-state index contributed by atoms with van der Waals surface area (Å²) in [5.41, 5.74) is 8.43. The van der Waals surface area contributed by atoms with Crippen LogP contribution in [0.5, 0.6) is 0 Å². The third-order valence-electron chi connectivity index (χ3n) is 2.83. The molecule has 3 N–H and O–H groups in total. The second-order valence-electron chi connectivity index (χ2n) is 4.20. The molecule has 2 rings (SSSR count). The second-order valence-corrected chi connectivity index (χ2v) is 5.23. The lowest BCUT2D eigenvalue weighted by Crippen LogP contribution is -2.13. The van der Waals surface area contributed by atoms with Crippen molar-refractivity contribution in [2.45, 2.75) is 20.1 Å². The molecule has 0 aliphatic rings. The number of nitrogens with two attached hydrogens (primary N) is 1. The molecule has 0 radical (unpaired) electrons. The van der Waals surface area contributed by atoms with Crippen LogP contribution in [-0.4, -0.2) is 11.0 Å². The minimum absolute atomic E-state index is 0.120. The molecule has 1 aromatic carbocycles. The summed E-state index contributed by atoms with van der Waals surface area (Å²) in [7, 11) is 0. The van der Waals surface area contributed by atoms with Gasteiger partial charge in [-0.3, -0.25) is 0 Å². The number of thiophene rings is 1. The number of nitrogens with zero attached hydrogens (tertiary/aromatic N) is 1. The smallest absolute Gasteiger partial charge is 0.170 e. The molecule has 0 saturated heterocycles. The summed E-state index contributed by atoms with van der Waals surface area (Å²) in [6.45, 7) is 3.16. The van der Waals surface area contributed by atoms with Gasteiger partial charge in [-0.15, -0.1) is 11.3 Å². The Morgan fingerprint density at radius 1 is 1.37 bits per heavy atom. The van der Waals surface area contributed by atoms with Crippen LogP contribution in [0.15, 0.2) is 40.9 Å². The Bertz CT molecular complexity index is 565. The molecule has 0 saturated carbocycles. The Morgan fingerprint density at radius 2 is 2.21 bits per heavy atom. The molecule has 5 heteroatoms. The fourth-order valence-electron chi connectivity index (χ4n) is 1.73. The maximum atomic E-state index is 8.63.